The molecule has 1 saturated heterocycles. The number of hydrogen-bond acceptors (Lipinski definition) is 4. The predicted molar refractivity (Wildman–Crippen MR) is 72.0 cm³/mol. The number of hydrogen-bond donors (Lipinski definition) is 3. The zero-order valence-electron chi connectivity index (χ0n) is 9.93. The van der Waals surface area contributed by atoms with Crippen molar-refractivity contribution >= 4 is 33.5 Å². The molecule has 1 aliphatic heterocycles. The van der Waals surface area contributed by atoms with Crippen molar-refractivity contribution in [3.8, 4) is 0 Å². The van der Waals surface area contributed by atoms with Gasteiger partial charge in [-0.3, -0.25) is 9.59 Å². The Kier molecular flexibility index (Phi) is 4.06. The van der Waals surface area contributed by atoms with Gasteiger partial charge >= 0.3 is 5.97 Å². The van der Waals surface area contributed by atoms with Crippen LogP contribution in [0.3, 0.4) is 0 Å². The van der Waals surface area contributed by atoms with Crippen molar-refractivity contribution in [1.29, 1.82) is 0 Å². The van der Waals surface area contributed by atoms with Crippen LogP contribution in [0.4, 0.5) is 5.69 Å². The minimum absolute atomic E-state index is 0.202. The molecule has 19 heavy (non-hydrogen) atoms. The zero-order chi connectivity index (χ0) is 14.0. The van der Waals surface area contributed by atoms with Crippen molar-refractivity contribution in [2.75, 3.05) is 18.5 Å². The van der Waals surface area contributed by atoms with Crippen molar-refractivity contribution < 1.29 is 19.4 Å². The highest BCUT2D eigenvalue weighted by Crippen LogP contribution is 2.24. The molecule has 2 unspecified atom stereocenters. The number of aliphatic carboxylic acids is 1. The van der Waals surface area contributed by atoms with Gasteiger partial charge in [0.15, 0.2) is 0 Å². The number of ether oxygens (including phenoxy) is 1. The first-order chi connectivity index (χ1) is 8.99. The monoisotopic (exact) mass is 328 g/mol. The topological polar surface area (TPSA) is 102 Å². The van der Waals surface area contributed by atoms with E-state index in [1.165, 1.54) is 0 Å². The molecule has 0 spiro atoms. The molecule has 1 aromatic carbocycles. The lowest BCUT2D eigenvalue weighted by Crippen LogP contribution is -2.33. The molecular formula is C12H13BrN2O4. The molecular weight excluding hydrogens is 316 g/mol. The number of carboxylic acid groups (broad SMARTS) is 1. The number of rotatable bonds is 4. The van der Waals surface area contributed by atoms with E-state index in [-0.39, 0.29) is 12.6 Å². The maximum Gasteiger partial charge on any atom is 0.311 e. The Morgan fingerprint density at radius 3 is 2.74 bits per heavy atom. The Hall–Kier alpha value is -1.60. The third kappa shape index (κ3) is 3.05. The summed E-state index contributed by atoms with van der Waals surface area (Å²) in [5.41, 5.74) is 6.29. The maximum atomic E-state index is 11.1. The SMILES string of the molecule is NC(=O)c1ccc(NC2COCC2C(=O)O)cc1Br. The van der Waals surface area contributed by atoms with Gasteiger partial charge in [0.2, 0.25) is 5.91 Å². The lowest BCUT2D eigenvalue weighted by Gasteiger charge is -2.17. The van der Waals surface area contributed by atoms with Gasteiger partial charge in [0.1, 0.15) is 5.92 Å². The average molecular weight is 329 g/mol. The molecule has 1 aliphatic rings. The Bertz CT molecular complexity index is 520. The van der Waals surface area contributed by atoms with Crippen LogP contribution in [0.5, 0.6) is 0 Å². The van der Waals surface area contributed by atoms with Crippen LogP contribution < -0.4 is 11.1 Å². The van der Waals surface area contributed by atoms with E-state index in [4.69, 9.17) is 15.6 Å². The molecule has 1 heterocycles. The quantitative estimate of drug-likeness (QED) is 0.767. The smallest absolute Gasteiger partial charge is 0.311 e. The van der Waals surface area contributed by atoms with E-state index >= 15 is 0 Å². The first kappa shape index (κ1) is 13.8. The van der Waals surface area contributed by atoms with Crippen LogP contribution in [-0.2, 0) is 9.53 Å². The average Bonchev–Trinajstić information content (AvgIpc) is 2.76. The summed E-state index contributed by atoms with van der Waals surface area (Å²) in [6.07, 6.45) is 0. The van der Waals surface area contributed by atoms with Gasteiger partial charge in [0.05, 0.1) is 24.8 Å². The second-order valence-corrected chi connectivity index (χ2v) is 5.15. The highest BCUT2D eigenvalue weighted by atomic mass is 79.9. The molecule has 1 aromatic rings. The van der Waals surface area contributed by atoms with E-state index in [2.05, 4.69) is 21.2 Å². The van der Waals surface area contributed by atoms with E-state index < -0.39 is 17.8 Å². The number of carbonyl (C=O) groups is 2. The van der Waals surface area contributed by atoms with Crippen LogP contribution in [0.15, 0.2) is 22.7 Å². The van der Waals surface area contributed by atoms with Crippen molar-refractivity contribution in [2.45, 2.75) is 6.04 Å². The summed E-state index contributed by atoms with van der Waals surface area (Å²) in [5.74, 6) is -1.98. The highest BCUT2D eigenvalue weighted by Gasteiger charge is 2.34. The number of amides is 1. The van der Waals surface area contributed by atoms with Gasteiger partial charge in [0, 0.05) is 10.2 Å². The number of carboxylic acids is 1. The van der Waals surface area contributed by atoms with E-state index in [1.807, 2.05) is 0 Å². The van der Waals surface area contributed by atoms with Crippen LogP contribution in [0.2, 0.25) is 0 Å². The summed E-state index contributed by atoms with van der Waals surface area (Å²) in [7, 11) is 0. The summed E-state index contributed by atoms with van der Waals surface area (Å²) in [4.78, 5) is 22.1. The van der Waals surface area contributed by atoms with E-state index in [0.717, 1.165) is 0 Å². The molecule has 1 amide bonds. The number of nitrogens with one attached hydrogen (secondary N) is 1. The fourth-order valence-corrected chi connectivity index (χ4v) is 2.53. The molecule has 2 rings (SSSR count). The van der Waals surface area contributed by atoms with Crippen molar-refractivity contribution in [3.63, 3.8) is 0 Å². The lowest BCUT2D eigenvalue weighted by atomic mass is 10.0. The number of primary amides is 1. The number of nitrogens with two attached hydrogens (primary N) is 1. The van der Waals surface area contributed by atoms with Crippen molar-refractivity contribution in [2.24, 2.45) is 11.7 Å². The Balaban J connectivity index is 2.13. The van der Waals surface area contributed by atoms with Gasteiger partial charge in [-0.05, 0) is 34.1 Å². The maximum absolute atomic E-state index is 11.1. The summed E-state index contributed by atoms with van der Waals surface area (Å²) in [5, 5.41) is 12.1. The highest BCUT2D eigenvalue weighted by molar-refractivity contribution is 9.10. The molecule has 2 atom stereocenters. The predicted octanol–water partition coefficient (Wildman–Crippen LogP) is 1.06. The standard InChI is InChI=1S/C12H13BrN2O4/c13-9-3-6(1-2-7(9)11(14)16)15-10-5-19-4-8(10)12(17)18/h1-3,8,10,15H,4-5H2,(H2,14,16)(H,17,18). The van der Waals surface area contributed by atoms with Crippen molar-refractivity contribution in [3.05, 3.63) is 28.2 Å². The molecule has 0 bridgehead atoms. The zero-order valence-corrected chi connectivity index (χ0v) is 11.5. The van der Waals surface area contributed by atoms with E-state index in [0.29, 0.717) is 22.3 Å². The Morgan fingerprint density at radius 2 is 2.16 bits per heavy atom. The number of benzene rings is 1. The number of halogens is 1. The summed E-state index contributed by atoms with van der Waals surface area (Å²) < 4.78 is 5.73. The minimum atomic E-state index is -0.886. The fourth-order valence-electron chi connectivity index (χ4n) is 1.96. The largest absolute Gasteiger partial charge is 0.481 e. The molecule has 0 saturated carbocycles. The van der Waals surface area contributed by atoms with Crippen molar-refractivity contribution in [1.82, 2.24) is 0 Å². The van der Waals surface area contributed by atoms with Crippen LogP contribution in [-0.4, -0.2) is 36.2 Å². The molecule has 0 radical (unpaired) electrons. The summed E-state index contributed by atoms with van der Waals surface area (Å²) in [6, 6.07) is 4.67. The van der Waals surface area contributed by atoms with Crippen LogP contribution in [0.1, 0.15) is 10.4 Å². The molecule has 0 aromatic heterocycles. The van der Waals surface area contributed by atoms with Gasteiger partial charge in [-0.15, -0.1) is 0 Å². The van der Waals surface area contributed by atoms with Gasteiger partial charge in [0.25, 0.3) is 0 Å². The Labute approximate surface area is 118 Å². The molecule has 102 valence electrons. The van der Waals surface area contributed by atoms with Crippen LogP contribution >= 0.6 is 15.9 Å². The molecule has 1 fully saturated rings. The minimum Gasteiger partial charge on any atom is -0.481 e. The summed E-state index contributed by atoms with van der Waals surface area (Å²) in [6.45, 7) is 0.541. The van der Waals surface area contributed by atoms with Gasteiger partial charge in [-0.2, -0.15) is 0 Å². The van der Waals surface area contributed by atoms with Crippen LogP contribution in [0.25, 0.3) is 0 Å². The first-order valence-electron chi connectivity index (χ1n) is 5.65. The number of anilines is 1. The van der Waals surface area contributed by atoms with Gasteiger partial charge < -0.3 is 20.9 Å². The Morgan fingerprint density at radius 1 is 1.42 bits per heavy atom. The van der Waals surface area contributed by atoms with E-state index in [1.54, 1.807) is 18.2 Å². The van der Waals surface area contributed by atoms with Gasteiger partial charge in [-0.25, -0.2) is 0 Å². The third-order valence-corrected chi connectivity index (χ3v) is 3.64. The second-order valence-electron chi connectivity index (χ2n) is 4.29. The summed E-state index contributed by atoms with van der Waals surface area (Å²) >= 11 is 3.25. The van der Waals surface area contributed by atoms with Crippen LogP contribution in [0, 0.1) is 5.92 Å². The first-order valence-corrected chi connectivity index (χ1v) is 6.45. The normalized spacial score (nSPS) is 22.2. The molecule has 6 nitrogen and oxygen atoms in total. The van der Waals surface area contributed by atoms with E-state index in [9.17, 15) is 9.59 Å². The van der Waals surface area contributed by atoms with Gasteiger partial charge in [-0.1, -0.05) is 0 Å². The second kappa shape index (κ2) is 5.58. The number of carbonyl (C=O) groups excluding carboxylic acids is 1. The molecule has 4 N–H and O–H groups in total. The fraction of sp³-hybridized carbons (Fsp3) is 0.333. The molecule has 7 heteroatoms. The third-order valence-electron chi connectivity index (χ3n) is 2.98. The molecule has 0 aliphatic carbocycles. The lowest BCUT2D eigenvalue weighted by molar-refractivity contribution is -0.141.